The summed E-state index contributed by atoms with van der Waals surface area (Å²) in [4.78, 5) is 19.1. The van der Waals surface area contributed by atoms with Crippen LogP contribution in [0.25, 0.3) is 0 Å². The first-order valence-electron chi connectivity index (χ1n) is 6.39. The molecule has 0 radical (unpaired) electrons. The molecular weight excluding hydrogens is 292 g/mol. The zero-order valence-corrected chi connectivity index (χ0v) is 11.5. The zero-order chi connectivity index (χ0) is 12.3. The SMILES string of the molecule is O=C1CC2CCC1C1=Nc3cc(Br)ccc3CN12. The minimum Gasteiger partial charge on any atom is -0.352 e. The van der Waals surface area contributed by atoms with Crippen LogP contribution in [0, 0.1) is 5.92 Å². The second-order valence-electron chi connectivity index (χ2n) is 5.33. The van der Waals surface area contributed by atoms with Crippen molar-refractivity contribution in [3.63, 3.8) is 0 Å². The highest BCUT2D eigenvalue weighted by Crippen LogP contribution is 2.40. The van der Waals surface area contributed by atoms with Gasteiger partial charge in [0, 0.05) is 23.5 Å². The average Bonchev–Trinajstić information content (AvgIpc) is 2.37. The number of ketones is 1. The van der Waals surface area contributed by atoms with E-state index in [1.165, 1.54) is 5.56 Å². The number of halogens is 1. The maximum Gasteiger partial charge on any atom is 0.145 e. The summed E-state index contributed by atoms with van der Waals surface area (Å²) < 4.78 is 1.05. The molecule has 0 N–H and O–H groups in total. The normalized spacial score (nSPS) is 28.8. The fraction of sp³-hybridized carbons (Fsp3) is 0.429. The third-order valence-corrected chi connectivity index (χ3v) is 4.78. The number of benzene rings is 1. The van der Waals surface area contributed by atoms with Gasteiger partial charge in [-0.05, 0) is 30.5 Å². The molecule has 2 atom stereocenters. The molecule has 5 rings (SSSR count). The number of nitrogens with zero attached hydrogens (tertiary/aromatic N) is 2. The van der Waals surface area contributed by atoms with Crippen molar-refractivity contribution in [1.82, 2.24) is 4.90 Å². The lowest BCUT2D eigenvalue weighted by Crippen LogP contribution is -2.56. The van der Waals surface area contributed by atoms with E-state index in [0.29, 0.717) is 11.8 Å². The lowest BCUT2D eigenvalue weighted by molar-refractivity contribution is -0.126. The number of carbonyl (C=O) groups is 1. The van der Waals surface area contributed by atoms with Gasteiger partial charge in [-0.15, -0.1) is 0 Å². The number of hydrogen-bond acceptors (Lipinski definition) is 3. The van der Waals surface area contributed by atoms with Crippen LogP contribution in [0.3, 0.4) is 0 Å². The second-order valence-corrected chi connectivity index (χ2v) is 6.24. The van der Waals surface area contributed by atoms with Gasteiger partial charge >= 0.3 is 0 Å². The molecule has 0 aromatic heterocycles. The van der Waals surface area contributed by atoms with Crippen LogP contribution in [0.15, 0.2) is 27.7 Å². The summed E-state index contributed by atoms with van der Waals surface area (Å²) in [6.45, 7) is 0.913. The van der Waals surface area contributed by atoms with Crippen molar-refractivity contribution in [2.24, 2.45) is 10.9 Å². The van der Waals surface area contributed by atoms with Gasteiger partial charge in [0.25, 0.3) is 0 Å². The topological polar surface area (TPSA) is 32.7 Å². The first kappa shape index (κ1) is 10.7. The van der Waals surface area contributed by atoms with Crippen LogP contribution in [0.4, 0.5) is 5.69 Å². The number of hydrogen-bond donors (Lipinski definition) is 0. The van der Waals surface area contributed by atoms with Crippen molar-refractivity contribution >= 4 is 33.2 Å². The van der Waals surface area contributed by atoms with Crippen molar-refractivity contribution < 1.29 is 4.79 Å². The minimum absolute atomic E-state index is 0.0575. The van der Waals surface area contributed by atoms with Gasteiger partial charge in [-0.1, -0.05) is 22.0 Å². The number of aliphatic imine (C=N–C) groups is 1. The molecule has 18 heavy (non-hydrogen) atoms. The van der Waals surface area contributed by atoms with Crippen molar-refractivity contribution in [1.29, 1.82) is 0 Å². The third-order valence-electron chi connectivity index (χ3n) is 4.28. The van der Waals surface area contributed by atoms with Crippen molar-refractivity contribution in [2.45, 2.75) is 31.8 Å². The molecule has 0 spiro atoms. The van der Waals surface area contributed by atoms with Gasteiger partial charge in [0.15, 0.2) is 0 Å². The number of Topliss-reactive ketones (excluding diaryl/α,β-unsaturated/α-hetero) is 1. The van der Waals surface area contributed by atoms with Gasteiger partial charge in [0.2, 0.25) is 0 Å². The number of carbonyl (C=O) groups excluding carboxylic acids is 1. The van der Waals surface area contributed by atoms with Crippen LogP contribution in [-0.2, 0) is 11.3 Å². The van der Waals surface area contributed by atoms with E-state index in [4.69, 9.17) is 4.99 Å². The van der Waals surface area contributed by atoms with Gasteiger partial charge in [-0.25, -0.2) is 4.99 Å². The number of fused-ring (bicyclic) bond motifs is 3. The minimum atomic E-state index is 0.0575. The van der Waals surface area contributed by atoms with Crippen LogP contribution in [0.2, 0.25) is 0 Å². The Hall–Kier alpha value is -1.16. The van der Waals surface area contributed by atoms with E-state index in [2.05, 4.69) is 33.0 Å². The Kier molecular flexibility index (Phi) is 2.19. The maximum atomic E-state index is 12.0. The predicted octanol–water partition coefficient (Wildman–Crippen LogP) is 3.05. The van der Waals surface area contributed by atoms with Gasteiger partial charge in [0.1, 0.15) is 11.6 Å². The van der Waals surface area contributed by atoms with Gasteiger partial charge < -0.3 is 4.90 Å². The van der Waals surface area contributed by atoms with Crippen LogP contribution < -0.4 is 0 Å². The summed E-state index contributed by atoms with van der Waals surface area (Å²) in [5, 5.41) is 0. The summed E-state index contributed by atoms with van der Waals surface area (Å²) in [6.07, 6.45) is 2.85. The summed E-state index contributed by atoms with van der Waals surface area (Å²) in [6, 6.07) is 6.63. The first-order valence-corrected chi connectivity index (χ1v) is 7.18. The van der Waals surface area contributed by atoms with Crippen LogP contribution >= 0.6 is 15.9 Å². The predicted molar refractivity (Wildman–Crippen MR) is 72.9 cm³/mol. The Bertz CT molecular complexity index is 581. The van der Waals surface area contributed by atoms with E-state index in [9.17, 15) is 4.79 Å². The molecule has 3 nitrogen and oxygen atoms in total. The Labute approximate surface area is 114 Å². The fourth-order valence-corrected chi connectivity index (χ4v) is 3.71. The van der Waals surface area contributed by atoms with E-state index < -0.39 is 0 Å². The summed E-state index contributed by atoms with van der Waals surface area (Å²) in [7, 11) is 0. The Morgan fingerprint density at radius 3 is 3.06 bits per heavy atom. The Morgan fingerprint density at radius 2 is 2.22 bits per heavy atom. The smallest absolute Gasteiger partial charge is 0.145 e. The lowest BCUT2D eigenvalue weighted by Gasteiger charge is -2.48. The number of piperidine rings is 2. The monoisotopic (exact) mass is 304 g/mol. The molecule has 1 saturated carbocycles. The zero-order valence-electron chi connectivity index (χ0n) is 9.90. The van der Waals surface area contributed by atoms with E-state index >= 15 is 0 Å². The molecule has 1 aromatic carbocycles. The van der Waals surface area contributed by atoms with Gasteiger partial charge in [0.05, 0.1) is 11.6 Å². The maximum absolute atomic E-state index is 12.0. The molecule has 0 amide bonds. The summed E-state index contributed by atoms with van der Waals surface area (Å²) in [5.74, 6) is 1.47. The molecule has 2 saturated heterocycles. The Balaban J connectivity index is 1.85. The first-order chi connectivity index (χ1) is 8.72. The third kappa shape index (κ3) is 1.41. The average molecular weight is 305 g/mol. The molecule has 3 heterocycles. The molecule has 2 bridgehead atoms. The second kappa shape index (κ2) is 3.67. The van der Waals surface area contributed by atoms with E-state index in [0.717, 1.165) is 41.8 Å². The molecule has 4 aliphatic rings. The molecule has 92 valence electrons. The molecular formula is C14H13BrN2O. The highest BCUT2D eigenvalue weighted by molar-refractivity contribution is 9.10. The standard InChI is InChI=1S/C14H13BrN2O/c15-9-2-1-8-7-17-10-3-4-11(13(18)6-10)14(17)16-12(8)5-9/h1-2,5,10-11H,3-4,6-7H2. The highest BCUT2D eigenvalue weighted by atomic mass is 79.9. The van der Waals surface area contributed by atoms with Crippen molar-refractivity contribution in [2.75, 3.05) is 0 Å². The fourth-order valence-electron chi connectivity index (χ4n) is 3.36. The molecule has 1 aromatic rings. The van der Waals surface area contributed by atoms with E-state index in [1.54, 1.807) is 0 Å². The van der Waals surface area contributed by atoms with Gasteiger partial charge in [-0.2, -0.15) is 0 Å². The summed E-state index contributed by atoms with van der Waals surface area (Å²) in [5.41, 5.74) is 2.29. The van der Waals surface area contributed by atoms with E-state index in [1.807, 2.05) is 6.07 Å². The molecule has 4 heteroatoms. The van der Waals surface area contributed by atoms with Crippen molar-refractivity contribution in [3.05, 3.63) is 28.2 Å². The van der Waals surface area contributed by atoms with Gasteiger partial charge in [-0.3, -0.25) is 4.79 Å². The Morgan fingerprint density at radius 1 is 1.33 bits per heavy atom. The number of rotatable bonds is 0. The quantitative estimate of drug-likeness (QED) is 0.738. The molecule has 2 unspecified atom stereocenters. The van der Waals surface area contributed by atoms with E-state index in [-0.39, 0.29) is 5.92 Å². The van der Waals surface area contributed by atoms with Crippen LogP contribution in [0.5, 0.6) is 0 Å². The largest absolute Gasteiger partial charge is 0.352 e. The number of amidine groups is 1. The van der Waals surface area contributed by atoms with Crippen LogP contribution in [-0.4, -0.2) is 22.6 Å². The molecule has 1 aliphatic carbocycles. The summed E-state index contributed by atoms with van der Waals surface area (Å²) >= 11 is 3.48. The highest BCUT2D eigenvalue weighted by Gasteiger charge is 2.45. The molecule has 3 fully saturated rings. The molecule has 3 aliphatic heterocycles. The van der Waals surface area contributed by atoms with Crippen molar-refractivity contribution in [3.8, 4) is 0 Å². The lowest BCUT2D eigenvalue weighted by atomic mass is 9.77. The van der Waals surface area contributed by atoms with Crippen LogP contribution in [0.1, 0.15) is 24.8 Å².